The first-order valence-electron chi connectivity index (χ1n) is 8.27. The molecule has 0 atom stereocenters. The van der Waals surface area contributed by atoms with Gasteiger partial charge in [0.05, 0.1) is 10.7 Å². The lowest BCUT2D eigenvalue weighted by atomic mass is 10.1. The number of hydrogen-bond donors (Lipinski definition) is 0. The van der Waals surface area contributed by atoms with E-state index in [2.05, 4.69) is 0 Å². The van der Waals surface area contributed by atoms with Crippen molar-refractivity contribution < 1.29 is 9.13 Å². The minimum Gasteiger partial charge on any atom is -0.483 e. The lowest BCUT2D eigenvalue weighted by molar-refractivity contribution is 0.291. The number of rotatable bonds is 5. The molecule has 3 aromatic rings. The molecule has 0 saturated heterocycles. The van der Waals surface area contributed by atoms with Crippen molar-refractivity contribution in [3.8, 4) is 5.75 Å². The van der Waals surface area contributed by atoms with Gasteiger partial charge in [-0.25, -0.2) is 4.39 Å². The number of benzene rings is 2. The maximum atomic E-state index is 13.9. The maximum absolute atomic E-state index is 13.9. The zero-order valence-electron chi connectivity index (χ0n) is 14.6. The number of aromatic nitrogens is 1. The van der Waals surface area contributed by atoms with Gasteiger partial charge in [0, 0.05) is 24.4 Å². The van der Waals surface area contributed by atoms with Gasteiger partial charge in [-0.15, -0.1) is 0 Å². The van der Waals surface area contributed by atoms with Crippen LogP contribution < -0.4 is 10.2 Å². The van der Waals surface area contributed by atoms with Crippen molar-refractivity contribution in [2.75, 3.05) is 0 Å². The average molecular weight is 372 g/mol. The molecule has 0 aliphatic carbocycles. The second-order valence-corrected chi connectivity index (χ2v) is 6.60. The highest BCUT2D eigenvalue weighted by Gasteiger charge is 2.12. The van der Waals surface area contributed by atoms with Gasteiger partial charge in [-0.2, -0.15) is 0 Å². The fourth-order valence-corrected chi connectivity index (χ4v) is 2.92. The summed E-state index contributed by atoms with van der Waals surface area (Å²) in [6.45, 7) is 4.36. The van der Waals surface area contributed by atoms with Crippen molar-refractivity contribution in [3.63, 3.8) is 0 Å². The largest absolute Gasteiger partial charge is 0.483 e. The van der Waals surface area contributed by atoms with Crippen LogP contribution in [0, 0.1) is 19.7 Å². The van der Waals surface area contributed by atoms with Crippen LogP contribution in [0.3, 0.4) is 0 Å². The Bertz CT molecular complexity index is 960. The number of hydrogen-bond acceptors (Lipinski definition) is 2. The van der Waals surface area contributed by atoms with E-state index < -0.39 is 5.82 Å². The van der Waals surface area contributed by atoms with Crippen LogP contribution in [0.2, 0.25) is 5.02 Å². The predicted molar refractivity (Wildman–Crippen MR) is 101 cm³/mol. The van der Waals surface area contributed by atoms with E-state index in [-0.39, 0.29) is 28.4 Å². The summed E-state index contributed by atoms with van der Waals surface area (Å²) in [6.07, 6.45) is 1.74. The van der Waals surface area contributed by atoms with E-state index in [0.717, 1.165) is 5.56 Å². The number of pyridine rings is 1. The Balaban J connectivity index is 1.85. The highest BCUT2D eigenvalue weighted by molar-refractivity contribution is 6.31. The summed E-state index contributed by atoms with van der Waals surface area (Å²) >= 11 is 6.02. The molecule has 0 saturated carbocycles. The van der Waals surface area contributed by atoms with E-state index in [9.17, 15) is 9.18 Å². The molecule has 0 unspecified atom stereocenters. The van der Waals surface area contributed by atoms with Crippen LogP contribution in [-0.4, -0.2) is 4.57 Å². The van der Waals surface area contributed by atoms with Crippen LogP contribution in [0.1, 0.15) is 22.4 Å². The summed E-state index contributed by atoms with van der Waals surface area (Å²) < 4.78 is 21.5. The molecule has 0 aliphatic heterocycles. The van der Waals surface area contributed by atoms with Gasteiger partial charge in [0.15, 0.2) is 5.75 Å². The SMILES string of the molecule is Cc1ccc(Cn2ccc(=O)c(OCc3c(F)cccc3Cl)c2C)cc1. The molecule has 5 heteroatoms. The molecule has 26 heavy (non-hydrogen) atoms. The Kier molecular flexibility index (Phi) is 5.43. The number of aryl methyl sites for hydroxylation is 1. The molecule has 0 spiro atoms. The fraction of sp³-hybridized carbons (Fsp3) is 0.190. The first-order valence-corrected chi connectivity index (χ1v) is 8.65. The van der Waals surface area contributed by atoms with Gasteiger partial charge in [0.25, 0.3) is 0 Å². The minimum atomic E-state index is -0.453. The Hall–Kier alpha value is -2.59. The summed E-state index contributed by atoms with van der Waals surface area (Å²) in [5.41, 5.74) is 2.99. The lowest BCUT2D eigenvalue weighted by Crippen LogP contribution is -2.15. The highest BCUT2D eigenvalue weighted by Crippen LogP contribution is 2.22. The van der Waals surface area contributed by atoms with Crippen LogP contribution in [0.5, 0.6) is 5.75 Å². The van der Waals surface area contributed by atoms with Crippen LogP contribution in [0.4, 0.5) is 4.39 Å². The van der Waals surface area contributed by atoms with Gasteiger partial charge in [-0.3, -0.25) is 4.79 Å². The topological polar surface area (TPSA) is 31.2 Å². The lowest BCUT2D eigenvalue weighted by Gasteiger charge is -2.15. The highest BCUT2D eigenvalue weighted by atomic mass is 35.5. The third-order valence-electron chi connectivity index (χ3n) is 4.29. The number of halogens is 2. The third-order valence-corrected chi connectivity index (χ3v) is 4.64. The number of nitrogens with zero attached hydrogens (tertiary/aromatic N) is 1. The summed E-state index contributed by atoms with van der Waals surface area (Å²) in [7, 11) is 0. The molecule has 2 aromatic carbocycles. The molecule has 134 valence electrons. The first-order chi connectivity index (χ1) is 12.5. The van der Waals surface area contributed by atoms with Crippen molar-refractivity contribution in [2.45, 2.75) is 27.0 Å². The van der Waals surface area contributed by atoms with E-state index in [1.54, 1.807) is 12.3 Å². The van der Waals surface area contributed by atoms with Crippen LogP contribution in [0.15, 0.2) is 59.5 Å². The van der Waals surface area contributed by atoms with E-state index in [0.29, 0.717) is 12.2 Å². The molecular weight excluding hydrogens is 353 g/mol. The van der Waals surface area contributed by atoms with Gasteiger partial charge >= 0.3 is 0 Å². The third kappa shape index (κ3) is 3.97. The Morgan fingerprint density at radius 1 is 1.08 bits per heavy atom. The zero-order valence-corrected chi connectivity index (χ0v) is 15.4. The quantitative estimate of drug-likeness (QED) is 0.639. The van der Waals surface area contributed by atoms with Gasteiger partial charge < -0.3 is 9.30 Å². The van der Waals surface area contributed by atoms with Crippen molar-refractivity contribution in [1.29, 1.82) is 0 Å². The summed E-state index contributed by atoms with van der Waals surface area (Å²) in [4.78, 5) is 12.2. The Labute approximate surface area is 156 Å². The van der Waals surface area contributed by atoms with Gasteiger partial charge in [0.2, 0.25) is 5.43 Å². The molecule has 0 aliphatic rings. The molecule has 0 fully saturated rings. The van der Waals surface area contributed by atoms with Crippen molar-refractivity contribution in [2.24, 2.45) is 0 Å². The second kappa shape index (κ2) is 7.75. The smallest absolute Gasteiger partial charge is 0.223 e. The molecule has 0 amide bonds. The normalized spacial score (nSPS) is 10.8. The summed E-state index contributed by atoms with van der Waals surface area (Å²) in [5.74, 6) is -0.245. The predicted octanol–water partition coefficient (Wildman–Crippen LogP) is 4.88. The molecule has 0 radical (unpaired) electrons. The summed E-state index contributed by atoms with van der Waals surface area (Å²) in [5, 5.41) is 0.276. The Morgan fingerprint density at radius 2 is 1.81 bits per heavy atom. The van der Waals surface area contributed by atoms with E-state index in [4.69, 9.17) is 16.3 Å². The molecule has 3 nitrogen and oxygen atoms in total. The first kappa shape index (κ1) is 18.2. The van der Waals surface area contributed by atoms with Crippen molar-refractivity contribution in [1.82, 2.24) is 4.57 Å². The van der Waals surface area contributed by atoms with Gasteiger partial charge in [-0.05, 0) is 31.5 Å². The summed E-state index contributed by atoms with van der Waals surface area (Å²) in [6, 6.07) is 14.1. The van der Waals surface area contributed by atoms with E-state index in [1.807, 2.05) is 42.7 Å². The average Bonchev–Trinajstić information content (AvgIpc) is 2.61. The Morgan fingerprint density at radius 3 is 2.50 bits per heavy atom. The van der Waals surface area contributed by atoms with E-state index >= 15 is 0 Å². The molecule has 0 N–H and O–H groups in total. The van der Waals surface area contributed by atoms with Gasteiger partial charge in [-0.1, -0.05) is 47.5 Å². The molecule has 0 bridgehead atoms. The monoisotopic (exact) mass is 371 g/mol. The van der Waals surface area contributed by atoms with Crippen LogP contribution >= 0.6 is 11.6 Å². The second-order valence-electron chi connectivity index (χ2n) is 6.20. The molecule has 1 aromatic heterocycles. The molecular formula is C21H19ClFNO2. The maximum Gasteiger partial charge on any atom is 0.223 e. The van der Waals surface area contributed by atoms with Gasteiger partial charge in [0.1, 0.15) is 12.4 Å². The standard InChI is InChI=1S/C21H19ClFNO2/c1-14-6-8-16(9-7-14)12-24-11-10-20(25)21(15(24)2)26-13-17-18(22)4-3-5-19(17)23/h3-11H,12-13H2,1-2H3. The molecule has 3 rings (SSSR count). The number of ether oxygens (including phenoxy) is 1. The van der Waals surface area contributed by atoms with Crippen LogP contribution in [-0.2, 0) is 13.2 Å². The fourth-order valence-electron chi connectivity index (χ4n) is 2.71. The van der Waals surface area contributed by atoms with E-state index in [1.165, 1.54) is 23.8 Å². The van der Waals surface area contributed by atoms with Crippen LogP contribution in [0.25, 0.3) is 0 Å². The zero-order chi connectivity index (χ0) is 18.7. The van der Waals surface area contributed by atoms with Crippen molar-refractivity contribution in [3.05, 3.63) is 98.2 Å². The molecule has 1 heterocycles. The minimum absolute atomic E-state index is 0.101. The van der Waals surface area contributed by atoms with Crippen molar-refractivity contribution >= 4 is 11.6 Å².